The van der Waals surface area contributed by atoms with E-state index in [4.69, 9.17) is 14.6 Å². The maximum absolute atomic E-state index is 13.8. The molecule has 0 spiro atoms. The number of aliphatic hydroxyl groups is 2. The van der Waals surface area contributed by atoms with Crippen molar-refractivity contribution < 1.29 is 47.1 Å². The molecule has 0 amide bonds. The zero-order valence-corrected chi connectivity index (χ0v) is 18.6. The van der Waals surface area contributed by atoms with Crippen LogP contribution in [0.2, 0.25) is 0 Å². The van der Waals surface area contributed by atoms with Gasteiger partial charge in [0.1, 0.15) is 12.7 Å². The standard InChI is InChI=1S/C24H30F4O6/c25-19-9-5-15(24(26,27)28)10-22(19)34-13-16(29)6-8-17-18-7-4-14(2-1-3-23(31)32)12-33-21(18)11-20(17)30/h5-6,8-10,14,16-18,20-21,29-30H,1-4,7,11-13H2,(H,31,32)/b8-6+/t14-,16+,17+,18+,20+,21-/m0/s1. The third-order valence-electron chi connectivity index (χ3n) is 6.57. The van der Waals surface area contributed by atoms with Gasteiger partial charge in [-0.1, -0.05) is 12.2 Å². The summed E-state index contributed by atoms with van der Waals surface area (Å²) in [6.07, 6.45) is -0.0376. The van der Waals surface area contributed by atoms with E-state index in [0.29, 0.717) is 37.6 Å². The van der Waals surface area contributed by atoms with Gasteiger partial charge in [-0.15, -0.1) is 0 Å². The van der Waals surface area contributed by atoms with Gasteiger partial charge < -0.3 is 24.8 Å². The van der Waals surface area contributed by atoms with Crippen molar-refractivity contribution in [1.29, 1.82) is 0 Å². The SMILES string of the molecule is O=C(O)CCC[C@H]1CC[C@@H]2[C@@H](/C=C/[C@@H](O)COc3cc(C(F)(F)F)ccc3F)[C@H](O)C[C@@H]2OC1. The van der Waals surface area contributed by atoms with Crippen molar-refractivity contribution in [2.45, 2.75) is 63.0 Å². The first kappa shape index (κ1) is 26.4. The maximum Gasteiger partial charge on any atom is 0.416 e. The summed E-state index contributed by atoms with van der Waals surface area (Å²) in [6.45, 7) is 0.0662. The lowest BCUT2D eigenvalue weighted by molar-refractivity contribution is -0.138. The molecule has 3 rings (SSSR count). The highest BCUT2D eigenvalue weighted by molar-refractivity contribution is 5.66. The maximum atomic E-state index is 13.8. The van der Waals surface area contributed by atoms with E-state index in [1.807, 2.05) is 0 Å². The van der Waals surface area contributed by atoms with Crippen LogP contribution in [0.15, 0.2) is 30.4 Å². The van der Waals surface area contributed by atoms with Gasteiger partial charge in [-0.2, -0.15) is 13.2 Å². The Hall–Kier alpha value is -2.17. The molecule has 1 aliphatic carbocycles. The van der Waals surface area contributed by atoms with Crippen molar-refractivity contribution in [3.05, 3.63) is 41.7 Å². The summed E-state index contributed by atoms with van der Waals surface area (Å²) in [6, 6.07) is 1.82. The smallest absolute Gasteiger partial charge is 0.416 e. The molecule has 0 radical (unpaired) electrons. The summed E-state index contributed by atoms with van der Waals surface area (Å²) >= 11 is 0. The minimum atomic E-state index is -4.64. The molecule has 190 valence electrons. The van der Waals surface area contributed by atoms with Gasteiger partial charge in [0.2, 0.25) is 0 Å². The number of alkyl halides is 3. The molecule has 0 unspecified atom stereocenters. The molecule has 3 N–H and O–H groups in total. The monoisotopic (exact) mass is 490 g/mol. The Morgan fingerprint density at radius 1 is 1.29 bits per heavy atom. The molecule has 10 heteroatoms. The Morgan fingerprint density at radius 3 is 2.76 bits per heavy atom. The molecule has 2 fully saturated rings. The highest BCUT2D eigenvalue weighted by Gasteiger charge is 2.43. The van der Waals surface area contributed by atoms with Crippen LogP contribution in [0.25, 0.3) is 0 Å². The number of fused-ring (bicyclic) bond motifs is 1. The van der Waals surface area contributed by atoms with Crippen molar-refractivity contribution in [3.8, 4) is 5.75 Å². The van der Waals surface area contributed by atoms with Crippen LogP contribution in [0.4, 0.5) is 17.6 Å². The number of rotatable bonds is 9. The van der Waals surface area contributed by atoms with Crippen LogP contribution in [-0.4, -0.2) is 52.8 Å². The Bertz CT molecular complexity index is 858. The average Bonchev–Trinajstić information content (AvgIpc) is 2.92. The first-order chi connectivity index (χ1) is 16.0. The predicted octanol–water partition coefficient (Wildman–Crippen LogP) is 4.19. The van der Waals surface area contributed by atoms with Crippen LogP contribution in [0.3, 0.4) is 0 Å². The zero-order chi connectivity index (χ0) is 24.9. The molecule has 2 aliphatic rings. The van der Waals surface area contributed by atoms with Crippen LogP contribution in [0, 0.1) is 23.6 Å². The largest absolute Gasteiger partial charge is 0.487 e. The topological polar surface area (TPSA) is 96.2 Å². The number of carboxylic acids is 1. The molecule has 1 saturated carbocycles. The fraction of sp³-hybridized carbons (Fsp3) is 0.625. The third kappa shape index (κ3) is 7.16. The normalized spacial score (nSPS) is 28.5. The minimum absolute atomic E-state index is 0.0322. The molecule has 6 nitrogen and oxygen atoms in total. The van der Waals surface area contributed by atoms with E-state index < -0.39 is 48.1 Å². The van der Waals surface area contributed by atoms with E-state index >= 15 is 0 Å². The van der Waals surface area contributed by atoms with E-state index in [-0.39, 0.29) is 30.3 Å². The number of hydrogen-bond donors (Lipinski definition) is 3. The average molecular weight is 490 g/mol. The molecule has 1 aliphatic heterocycles. The van der Waals surface area contributed by atoms with Gasteiger partial charge in [0.25, 0.3) is 0 Å². The van der Waals surface area contributed by atoms with Gasteiger partial charge in [-0.25, -0.2) is 4.39 Å². The zero-order valence-electron chi connectivity index (χ0n) is 18.6. The van der Waals surface area contributed by atoms with Gasteiger partial charge in [-0.3, -0.25) is 4.79 Å². The van der Waals surface area contributed by atoms with Crippen LogP contribution in [-0.2, 0) is 15.7 Å². The second-order valence-corrected chi connectivity index (χ2v) is 9.05. The van der Waals surface area contributed by atoms with E-state index in [0.717, 1.165) is 19.3 Å². The van der Waals surface area contributed by atoms with Crippen molar-refractivity contribution in [2.24, 2.45) is 17.8 Å². The number of aliphatic carboxylic acids is 1. The van der Waals surface area contributed by atoms with Gasteiger partial charge in [0, 0.05) is 25.4 Å². The number of aliphatic hydroxyl groups excluding tert-OH is 2. The van der Waals surface area contributed by atoms with Crippen molar-refractivity contribution >= 4 is 5.97 Å². The van der Waals surface area contributed by atoms with Gasteiger partial charge in [0.05, 0.1) is 17.8 Å². The van der Waals surface area contributed by atoms with Crippen LogP contribution in [0.5, 0.6) is 5.75 Å². The molecule has 0 bridgehead atoms. The van der Waals surface area contributed by atoms with Gasteiger partial charge in [0.15, 0.2) is 11.6 Å². The first-order valence-corrected chi connectivity index (χ1v) is 11.4. The van der Waals surface area contributed by atoms with Gasteiger partial charge >= 0.3 is 12.1 Å². The minimum Gasteiger partial charge on any atom is -0.487 e. The second kappa shape index (κ2) is 11.5. The van der Waals surface area contributed by atoms with Crippen molar-refractivity contribution in [2.75, 3.05) is 13.2 Å². The van der Waals surface area contributed by atoms with E-state index in [1.54, 1.807) is 6.08 Å². The number of benzene rings is 1. The number of halogens is 4. The summed E-state index contributed by atoms with van der Waals surface area (Å²) in [7, 11) is 0. The molecule has 34 heavy (non-hydrogen) atoms. The Labute approximate surface area is 195 Å². The summed E-state index contributed by atoms with van der Waals surface area (Å²) in [4.78, 5) is 10.7. The molecule has 6 atom stereocenters. The molecule has 1 saturated heterocycles. The van der Waals surface area contributed by atoms with Crippen LogP contribution >= 0.6 is 0 Å². The number of carboxylic acid groups (broad SMARTS) is 1. The molecular formula is C24H30F4O6. The fourth-order valence-electron chi connectivity index (χ4n) is 4.76. The van der Waals surface area contributed by atoms with Crippen molar-refractivity contribution in [1.82, 2.24) is 0 Å². The van der Waals surface area contributed by atoms with Crippen molar-refractivity contribution in [3.63, 3.8) is 0 Å². The summed E-state index contributed by atoms with van der Waals surface area (Å²) in [5.41, 5.74) is -1.05. The summed E-state index contributed by atoms with van der Waals surface area (Å²) < 4.78 is 63.3. The lowest BCUT2D eigenvalue weighted by atomic mass is 9.86. The Balaban J connectivity index is 1.54. The Morgan fingerprint density at radius 2 is 2.06 bits per heavy atom. The molecule has 1 aromatic rings. The highest BCUT2D eigenvalue weighted by Crippen LogP contribution is 2.42. The first-order valence-electron chi connectivity index (χ1n) is 11.4. The second-order valence-electron chi connectivity index (χ2n) is 9.05. The Kier molecular flexibility index (Phi) is 8.95. The molecule has 1 aromatic carbocycles. The quantitative estimate of drug-likeness (QED) is 0.355. The number of hydrogen-bond acceptors (Lipinski definition) is 5. The third-order valence-corrected chi connectivity index (χ3v) is 6.57. The fourth-order valence-corrected chi connectivity index (χ4v) is 4.76. The van der Waals surface area contributed by atoms with Gasteiger partial charge in [-0.05, 0) is 55.7 Å². The van der Waals surface area contributed by atoms with E-state index in [9.17, 15) is 32.6 Å². The van der Waals surface area contributed by atoms with Crippen LogP contribution in [0.1, 0.15) is 44.1 Å². The van der Waals surface area contributed by atoms with E-state index in [2.05, 4.69) is 0 Å². The van der Waals surface area contributed by atoms with E-state index in [1.165, 1.54) is 6.08 Å². The predicted molar refractivity (Wildman–Crippen MR) is 114 cm³/mol. The lowest BCUT2D eigenvalue weighted by Crippen LogP contribution is -2.22. The van der Waals surface area contributed by atoms with Crippen LogP contribution < -0.4 is 4.74 Å². The number of ether oxygens (including phenoxy) is 2. The summed E-state index contributed by atoms with van der Waals surface area (Å²) in [5, 5.41) is 29.5. The molecule has 1 heterocycles. The highest BCUT2D eigenvalue weighted by atomic mass is 19.4. The summed E-state index contributed by atoms with van der Waals surface area (Å²) in [5.74, 6) is -2.38. The lowest BCUT2D eigenvalue weighted by Gasteiger charge is -2.21. The molecule has 0 aromatic heterocycles. The molecular weight excluding hydrogens is 460 g/mol. The number of carbonyl (C=O) groups is 1.